The third-order valence-corrected chi connectivity index (χ3v) is 9.96. The van der Waals surface area contributed by atoms with E-state index < -0.39 is 34.0 Å². The standard InChI is InChI=1S/C26H28N2O7S3/c1-4-34-26(31)22-19-12-7-15(2)14-20(19)37-24(22)27-23(29)16(3)35-25(30)17-8-10-18(11-9-17)28-38(32,33)21-6-5-13-36-21/h5-6,8-11,13,15-16,28H,4,7,12,14H2,1-3H3,(H,27,29)/t15-,16+/m1/s1. The highest BCUT2D eigenvalue weighted by Crippen LogP contribution is 2.40. The van der Waals surface area contributed by atoms with Crippen LogP contribution in [0.1, 0.15) is 58.3 Å². The number of hydrogen-bond acceptors (Lipinski definition) is 9. The molecule has 0 bridgehead atoms. The molecule has 0 radical (unpaired) electrons. The summed E-state index contributed by atoms with van der Waals surface area (Å²) in [6, 6.07) is 8.83. The molecule has 0 spiro atoms. The maximum Gasteiger partial charge on any atom is 0.341 e. The molecule has 0 aliphatic heterocycles. The van der Waals surface area contributed by atoms with Crippen LogP contribution in [-0.2, 0) is 37.1 Å². The molecule has 0 saturated carbocycles. The van der Waals surface area contributed by atoms with Crippen molar-refractivity contribution in [3.63, 3.8) is 0 Å². The molecular formula is C26H28N2O7S3. The normalized spacial score (nSPS) is 15.7. The van der Waals surface area contributed by atoms with Crippen LogP contribution in [0, 0.1) is 5.92 Å². The van der Waals surface area contributed by atoms with Gasteiger partial charge < -0.3 is 14.8 Å². The lowest BCUT2D eigenvalue weighted by Gasteiger charge is -2.18. The monoisotopic (exact) mass is 576 g/mol. The predicted molar refractivity (Wildman–Crippen MR) is 147 cm³/mol. The predicted octanol–water partition coefficient (Wildman–Crippen LogP) is 5.10. The van der Waals surface area contributed by atoms with Crippen molar-refractivity contribution in [3.8, 4) is 0 Å². The molecule has 2 atom stereocenters. The summed E-state index contributed by atoms with van der Waals surface area (Å²) in [4.78, 5) is 39.3. The molecule has 3 aromatic rings. The third kappa shape index (κ3) is 6.25. The fraction of sp³-hybridized carbons (Fsp3) is 0.346. The van der Waals surface area contributed by atoms with E-state index in [-0.39, 0.29) is 22.1 Å². The molecule has 0 fully saturated rings. The van der Waals surface area contributed by atoms with Gasteiger partial charge in [0.2, 0.25) is 0 Å². The summed E-state index contributed by atoms with van der Waals surface area (Å²) in [5, 5.41) is 4.82. The first-order chi connectivity index (χ1) is 18.1. The molecule has 1 aliphatic rings. The van der Waals surface area contributed by atoms with E-state index in [0.29, 0.717) is 16.5 Å². The fourth-order valence-corrected chi connectivity index (χ4v) is 7.50. The third-order valence-electron chi connectivity index (χ3n) is 6.01. The second-order valence-corrected chi connectivity index (χ2v) is 12.9. The molecule has 2 N–H and O–H groups in total. The summed E-state index contributed by atoms with van der Waals surface area (Å²) in [6.07, 6.45) is 1.37. The highest BCUT2D eigenvalue weighted by Gasteiger charge is 2.30. The van der Waals surface area contributed by atoms with Gasteiger partial charge in [-0.3, -0.25) is 9.52 Å². The first-order valence-electron chi connectivity index (χ1n) is 12.1. The van der Waals surface area contributed by atoms with Crippen LogP contribution in [0.15, 0.2) is 46.0 Å². The van der Waals surface area contributed by atoms with Crippen molar-refractivity contribution in [3.05, 3.63) is 63.3 Å². The number of nitrogens with one attached hydrogen (secondary N) is 2. The first-order valence-corrected chi connectivity index (χ1v) is 15.3. The highest BCUT2D eigenvalue weighted by atomic mass is 32.2. The maximum atomic E-state index is 12.9. The number of ether oxygens (including phenoxy) is 2. The van der Waals surface area contributed by atoms with Gasteiger partial charge in [0.15, 0.2) is 6.10 Å². The van der Waals surface area contributed by atoms with Gasteiger partial charge in [-0.1, -0.05) is 13.0 Å². The summed E-state index contributed by atoms with van der Waals surface area (Å²) < 4.78 is 37.9. The van der Waals surface area contributed by atoms with E-state index in [2.05, 4.69) is 17.0 Å². The maximum absolute atomic E-state index is 12.9. The van der Waals surface area contributed by atoms with Crippen LogP contribution >= 0.6 is 22.7 Å². The van der Waals surface area contributed by atoms with Gasteiger partial charge in [-0.2, -0.15) is 0 Å². The Balaban J connectivity index is 1.41. The lowest BCUT2D eigenvalue weighted by atomic mass is 9.88. The van der Waals surface area contributed by atoms with Gasteiger partial charge in [0.1, 0.15) is 9.21 Å². The molecule has 1 aromatic carbocycles. The number of hydrogen-bond donors (Lipinski definition) is 2. The Bertz CT molecular complexity index is 1430. The SMILES string of the molecule is CCOC(=O)c1c(NC(=O)[C@H](C)OC(=O)c2ccc(NS(=O)(=O)c3cccs3)cc2)sc2c1CC[C@@H](C)C2. The molecule has 4 rings (SSSR count). The van der Waals surface area contributed by atoms with Crippen molar-refractivity contribution in [2.45, 2.75) is 50.3 Å². The Morgan fingerprint density at radius 1 is 1.13 bits per heavy atom. The minimum atomic E-state index is -3.71. The quantitative estimate of drug-likeness (QED) is 0.339. The average molecular weight is 577 g/mol. The number of carbonyl (C=O) groups is 3. The summed E-state index contributed by atoms with van der Waals surface area (Å²) in [5.74, 6) is -1.31. The van der Waals surface area contributed by atoms with Crippen LogP contribution in [0.25, 0.3) is 0 Å². The molecule has 0 saturated heterocycles. The van der Waals surface area contributed by atoms with Crippen molar-refractivity contribution < 1.29 is 32.3 Å². The summed E-state index contributed by atoms with van der Waals surface area (Å²) in [5.41, 5.74) is 1.73. The fourth-order valence-electron chi connectivity index (χ4n) is 4.05. The number of amides is 1. The van der Waals surface area contributed by atoms with Crippen LogP contribution in [0.3, 0.4) is 0 Å². The van der Waals surface area contributed by atoms with Crippen molar-refractivity contribution in [2.24, 2.45) is 5.92 Å². The van der Waals surface area contributed by atoms with Gasteiger partial charge >= 0.3 is 11.9 Å². The van der Waals surface area contributed by atoms with E-state index in [1.807, 2.05) is 0 Å². The highest BCUT2D eigenvalue weighted by molar-refractivity contribution is 7.94. The van der Waals surface area contributed by atoms with Gasteiger partial charge in [0.25, 0.3) is 15.9 Å². The number of anilines is 2. The number of fused-ring (bicyclic) bond motifs is 1. The van der Waals surface area contributed by atoms with Crippen molar-refractivity contribution in [1.82, 2.24) is 0 Å². The number of carbonyl (C=O) groups excluding carboxylic acids is 3. The molecular weight excluding hydrogens is 548 g/mol. The summed E-state index contributed by atoms with van der Waals surface area (Å²) in [6.45, 7) is 5.54. The zero-order valence-electron chi connectivity index (χ0n) is 21.1. The Kier molecular flexibility index (Phi) is 8.54. The molecule has 202 valence electrons. The molecule has 1 amide bonds. The second-order valence-electron chi connectivity index (χ2n) is 8.93. The minimum absolute atomic E-state index is 0.150. The minimum Gasteiger partial charge on any atom is -0.462 e. The second kappa shape index (κ2) is 11.7. The van der Waals surface area contributed by atoms with Crippen LogP contribution in [0.2, 0.25) is 0 Å². The van der Waals surface area contributed by atoms with E-state index in [9.17, 15) is 22.8 Å². The van der Waals surface area contributed by atoms with Gasteiger partial charge in [0.05, 0.1) is 17.7 Å². The number of benzene rings is 1. The van der Waals surface area contributed by atoms with Gasteiger partial charge in [-0.15, -0.1) is 22.7 Å². The molecule has 12 heteroatoms. The van der Waals surface area contributed by atoms with Gasteiger partial charge in [0, 0.05) is 10.6 Å². The van der Waals surface area contributed by atoms with Crippen molar-refractivity contribution in [2.75, 3.05) is 16.6 Å². The zero-order chi connectivity index (χ0) is 27.4. The van der Waals surface area contributed by atoms with Crippen LogP contribution < -0.4 is 10.0 Å². The summed E-state index contributed by atoms with van der Waals surface area (Å²) >= 11 is 2.45. The van der Waals surface area contributed by atoms with E-state index in [4.69, 9.17) is 9.47 Å². The number of thiophene rings is 2. The van der Waals surface area contributed by atoms with Crippen LogP contribution in [-0.4, -0.2) is 39.0 Å². The molecule has 1 aliphatic carbocycles. The van der Waals surface area contributed by atoms with Gasteiger partial charge in [-0.05, 0) is 80.3 Å². The van der Waals surface area contributed by atoms with E-state index in [1.165, 1.54) is 48.6 Å². The lowest BCUT2D eigenvalue weighted by Crippen LogP contribution is -2.30. The number of sulfonamides is 1. The summed E-state index contributed by atoms with van der Waals surface area (Å²) in [7, 11) is -3.71. The molecule has 2 heterocycles. The Morgan fingerprint density at radius 3 is 2.53 bits per heavy atom. The topological polar surface area (TPSA) is 128 Å². The van der Waals surface area contributed by atoms with Crippen molar-refractivity contribution >= 4 is 61.2 Å². The van der Waals surface area contributed by atoms with Crippen molar-refractivity contribution in [1.29, 1.82) is 0 Å². The largest absolute Gasteiger partial charge is 0.462 e. The number of esters is 2. The Morgan fingerprint density at radius 2 is 1.87 bits per heavy atom. The Hall–Kier alpha value is -3.22. The van der Waals surface area contributed by atoms with Crippen LogP contribution in [0.5, 0.6) is 0 Å². The molecule has 2 aromatic heterocycles. The number of rotatable bonds is 9. The van der Waals surface area contributed by atoms with E-state index in [1.54, 1.807) is 18.4 Å². The van der Waals surface area contributed by atoms with Crippen LogP contribution in [0.4, 0.5) is 10.7 Å². The van der Waals surface area contributed by atoms with Gasteiger partial charge in [-0.25, -0.2) is 18.0 Å². The zero-order valence-corrected chi connectivity index (χ0v) is 23.6. The lowest BCUT2D eigenvalue weighted by molar-refractivity contribution is -0.123. The van der Waals surface area contributed by atoms with E-state index in [0.717, 1.165) is 41.0 Å². The Labute approximate surface area is 229 Å². The molecule has 9 nitrogen and oxygen atoms in total. The average Bonchev–Trinajstić information content (AvgIpc) is 3.53. The first kappa shape index (κ1) is 27.8. The molecule has 0 unspecified atom stereocenters. The smallest absolute Gasteiger partial charge is 0.341 e. The molecule has 38 heavy (non-hydrogen) atoms. The van der Waals surface area contributed by atoms with E-state index >= 15 is 0 Å².